The van der Waals surface area contributed by atoms with Crippen LogP contribution in [0.3, 0.4) is 0 Å². The maximum Gasteiger partial charge on any atom is 0.246 e. The Morgan fingerprint density at radius 2 is 2.50 bits per heavy atom. The Morgan fingerprint density at radius 1 is 1.69 bits per heavy atom. The molecule has 0 aliphatic carbocycles. The highest BCUT2D eigenvalue weighted by Gasteiger charge is 2.26. The molecule has 1 N–H and O–H groups in total. The first-order valence-electron chi connectivity index (χ1n) is 5.17. The van der Waals surface area contributed by atoms with Crippen molar-refractivity contribution >= 4 is 10.0 Å². The Bertz CT molecular complexity index is 423. The number of aromatic amines is 1. The molecule has 7 heteroatoms. The number of hydrogen-bond donors (Lipinski definition) is 1. The van der Waals surface area contributed by atoms with Gasteiger partial charge in [0.1, 0.15) is 4.90 Å². The summed E-state index contributed by atoms with van der Waals surface area (Å²) in [6.07, 6.45) is 4.63. The predicted octanol–water partition coefficient (Wildman–Crippen LogP) is 0.209. The number of sulfonamides is 1. The van der Waals surface area contributed by atoms with Gasteiger partial charge in [0.05, 0.1) is 12.3 Å². The molecule has 0 aromatic carbocycles. The average molecular weight is 245 g/mol. The van der Waals surface area contributed by atoms with Gasteiger partial charge >= 0.3 is 0 Å². The number of H-pyrrole nitrogens is 1. The summed E-state index contributed by atoms with van der Waals surface area (Å²) in [5.41, 5.74) is 0. The summed E-state index contributed by atoms with van der Waals surface area (Å²) in [4.78, 5) is 0.188. The predicted molar refractivity (Wildman–Crippen MR) is 57.4 cm³/mol. The zero-order chi connectivity index (χ0) is 11.6. The molecule has 1 unspecified atom stereocenters. The minimum Gasteiger partial charge on any atom is -0.377 e. The Balaban J connectivity index is 2.06. The fraction of sp³-hybridized carbons (Fsp3) is 0.667. The van der Waals surface area contributed by atoms with Crippen molar-refractivity contribution in [2.75, 3.05) is 20.2 Å². The van der Waals surface area contributed by atoms with Gasteiger partial charge in [-0.2, -0.15) is 9.40 Å². The van der Waals surface area contributed by atoms with E-state index in [1.807, 2.05) is 0 Å². The third-order valence-corrected chi connectivity index (χ3v) is 4.45. The van der Waals surface area contributed by atoms with Crippen LogP contribution < -0.4 is 0 Å². The van der Waals surface area contributed by atoms with E-state index in [-0.39, 0.29) is 11.0 Å². The van der Waals surface area contributed by atoms with Crippen molar-refractivity contribution in [2.24, 2.45) is 0 Å². The van der Waals surface area contributed by atoms with Gasteiger partial charge in [-0.15, -0.1) is 0 Å². The normalized spacial score (nSPS) is 21.8. The largest absolute Gasteiger partial charge is 0.377 e. The zero-order valence-corrected chi connectivity index (χ0v) is 9.90. The molecule has 0 bridgehead atoms. The molecule has 0 saturated carbocycles. The number of rotatable bonds is 4. The number of hydrogen-bond acceptors (Lipinski definition) is 4. The van der Waals surface area contributed by atoms with E-state index in [1.165, 1.54) is 16.7 Å². The Labute approximate surface area is 94.6 Å². The van der Waals surface area contributed by atoms with Crippen LogP contribution >= 0.6 is 0 Å². The van der Waals surface area contributed by atoms with Gasteiger partial charge in [0.25, 0.3) is 0 Å². The number of likely N-dealkylation sites (N-methyl/N-ethyl adjacent to an activating group) is 1. The summed E-state index contributed by atoms with van der Waals surface area (Å²) >= 11 is 0. The average Bonchev–Trinajstić information content (AvgIpc) is 2.89. The molecule has 1 fully saturated rings. The number of aromatic nitrogens is 2. The maximum absolute atomic E-state index is 12.0. The molecule has 1 aliphatic heterocycles. The molecule has 1 aromatic rings. The summed E-state index contributed by atoms with van der Waals surface area (Å²) in [6.45, 7) is 1.12. The molecule has 2 rings (SSSR count). The fourth-order valence-corrected chi connectivity index (χ4v) is 2.84. The molecular weight excluding hydrogens is 230 g/mol. The monoisotopic (exact) mass is 245 g/mol. The van der Waals surface area contributed by atoms with Crippen molar-refractivity contribution in [1.29, 1.82) is 0 Å². The van der Waals surface area contributed by atoms with E-state index >= 15 is 0 Å². The fourth-order valence-electron chi connectivity index (χ4n) is 1.73. The number of nitrogens with one attached hydrogen (secondary N) is 1. The SMILES string of the molecule is CN(CC1CCCO1)S(=O)(=O)c1cn[nH]c1. The molecule has 16 heavy (non-hydrogen) atoms. The van der Waals surface area contributed by atoms with Crippen LogP contribution in [0.1, 0.15) is 12.8 Å². The van der Waals surface area contributed by atoms with Crippen LogP contribution in [0.15, 0.2) is 17.3 Å². The number of nitrogens with zero attached hydrogens (tertiary/aromatic N) is 2. The summed E-state index contributed by atoms with van der Waals surface area (Å²) in [6, 6.07) is 0. The zero-order valence-electron chi connectivity index (χ0n) is 9.09. The summed E-state index contributed by atoms with van der Waals surface area (Å²) < 4.78 is 30.7. The molecule has 1 aliphatic rings. The van der Waals surface area contributed by atoms with Crippen LogP contribution in [0, 0.1) is 0 Å². The van der Waals surface area contributed by atoms with Crippen molar-refractivity contribution in [3.8, 4) is 0 Å². The van der Waals surface area contributed by atoms with E-state index in [9.17, 15) is 8.42 Å². The van der Waals surface area contributed by atoms with Crippen molar-refractivity contribution in [1.82, 2.24) is 14.5 Å². The van der Waals surface area contributed by atoms with Gasteiger partial charge in [-0.05, 0) is 12.8 Å². The lowest BCUT2D eigenvalue weighted by Crippen LogP contribution is -2.33. The molecule has 0 amide bonds. The maximum atomic E-state index is 12.0. The standard InChI is InChI=1S/C9H15N3O3S/c1-12(7-8-3-2-4-15-8)16(13,14)9-5-10-11-6-9/h5-6,8H,2-4,7H2,1H3,(H,10,11). The van der Waals surface area contributed by atoms with Gasteiger partial charge in [-0.25, -0.2) is 8.42 Å². The molecule has 0 spiro atoms. The highest BCUT2D eigenvalue weighted by atomic mass is 32.2. The third-order valence-electron chi connectivity index (χ3n) is 2.67. The van der Waals surface area contributed by atoms with Gasteiger partial charge in [-0.3, -0.25) is 5.10 Å². The second-order valence-electron chi connectivity index (χ2n) is 3.85. The van der Waals surface area contributed by atoms with E-state index in [4.69, 9.17) is 4.74 Å². The lowest BCUT2D eigenvalue weighted by Gasteiger charge is -2.19. The Morgan fingerprint density at radius 3 is 3.06 bits per heavy atom. The van der Waals surface area contributed by atoms with Crippen LogP contribution in [-0.2, 0) is 14.8 Å². The quantitative estimate of drug-likeness (QED) is 0.822. The van der Waals surface area contributed by atoms with Gasteiger partial charge in [0.2, 0.25) is 10.0 Å². The Hall–Kier alpha value is -0.920. The van der Waals surface area contributed by atoms with Gasteiger partial charge in [0, 0.05) is 26.4 Å². The van der Waals surface area contributed by atoms with Gasteiger partial charge < -0.3 is 4.74 Å². The van der Waals surface area contributed by atoms with E-state index < -0.39 is 10.0 Å². The first-order valence-corrected chi connectivity index (χ1v) is 6.61. The molecular formula is C9H15N3O3S. The lowest BCUT2D eigenvalue weighted by molar-refractivity contribution is 0.0979. The van der Waals surface area contributed by atoms with Crippen molar-refractivity contribution < 1.29 is 13.2 Å². The van der Waals surface area contributed by atoms with Crippen LogP contribution in [0.2, 0.25) is 0 Å². The van der Waals surface area contributed by atoms with E-state index in [1.54, 1.807) is 7.05 Å². The minimum absolute atomic E-state index is 0.0201. The minimum atomic E-state index is -3.42. The summed E-state index contributed by atoms with van der Waals surface area (Å²) in [5.74, 6) is 0. The van der Waals surface area contributed by atoms with E-state index in [0.29, 0.717) is 6.54 Å². The van der Waals surface area contributed by atoms with Crippen molar-refractivity contribution in [3.05, 3.63) is 12.4 Å². The molecule has 1 saturated heterocycles. The number of ether oxygens (including phenoxy) is 1. The van der Waals surface area contributed by atoms with E-state index in [0.717, 1.165) is 19.4 Å². The molecule has 90 valence electrons. The highest BCUT2D eigenvalue weighted by molar-refractivity contribution is 7.89. The molecule has 0 radical (unpaired) electrons. The first-order chi connectivity index (χ1) is 7.60. The van der Waals surface area contributed by atoms with Crippen LogP contribution in [0.5, 0.6) is 0 Å². The topological polar surface area (TPSA) is 75.3 Å². The smallest absolute Gasteiger partial charge is 0.246 e. The van der Waals surface area contributed by atoms with Crippen LogP contribution in [0.25, 0.3) is 0 Å². The van der Waals surface area contributed by atoms with Crippen LogP contribution in [0.4, 0.5) is 0 Å². The van der Waals surface area contributed by atoms with Crippen molar-refractivity contribution in [3.63, 3.8) is 0 Å². The molecule has 2 heterocycles. The highest BCUT2D eigenvalue weighted by Crippen LogP contribution is 2.17. The van der Waals surface area contributed by atoms with Crippen LogP contribution in [-0.4, -0.2) is 49.2 Å². The molecule has 6 nitrogen and oxygen atoms in total. The molecule has 1 atom stereocenters. The molecule has 1 aromatic heterocycles. The Kier molecular flexibility index (Phi) is 3.27. The van der Waals surface area contributed by atoms with Gasteiger partial charge in [-0.1, -0.05) is 0 Å². The lowest BCUT2D eigenvalue weighted by atomic mass is 10.2. The summed E-state index contributed by atoms with van der Waals surface area (Å²) in [5, 5.41) is 6.14. The van der Waals surface area contributed by atoms with Gasteiger partial charge in [0.15, 0.2) is 0 Å². The van der Waals surface area contributed by atoms with E-state index in [2.05, 4.69) is 10.2 Å². The second kappa shape index (κ2) is 4.52. The second-order valence-corrected chi connectivity index (χ2v) is 5.90. The first kappa shape index (κ1) is 11.6. The van der Waals surface area contributed by atoms with Crippen molar-refractivity contribution in [2.45, 2.75) is 23.8 Å². The third kappa shape index (κ3) is 2.26. The summed E-state index contributed by atoms with van der Waals surface area (Å²) in [7, 11) is -1.86.